The van der Waals surface area contributed by atoms with Crippen molar-refractivity contribution in [3.05, 3.63) is 30.3 Å². The van der Waals surface area contributed by atoms with Gasteiger partial charge in [0, 0.05) is 4.83 Å². The second kappa shape index (κ2) is 7.18. The van der Waals surface area contributed by atoms with Crippen LogP contribution in [0.15, 0.2) is 30.3 Å². The van der Waals surface area contributed by atoms with Crippen molar-refractivity contribution in [2.45, 2.75) is 43.9 Å². The third-order valence-corrected chi connectivity index (χ3v) is 5.09. The fourth-order valence-electron chi connectivity index (χ4n) is 2.81. The molecule has 1 saturated carbocycles. The summed E-state index contributed by atoms with van der Waals surface area (Å²) in [4.78, 5) is 0.727. The third kappa shape index (κ3) is 4.31. The quantitative estimate of drug-likeness (QED) is 0.546. The molecule has 0 spiro atoms. The molecule has 1 aromatic carbocycles. The summed E-state index contributed by atoms with van der Waals surface area (Å²) < 4.78 is 5.74. The van der Waals surface area contributed by atoms with Gasteiger partial charge in [-0.15, -0.1) is 0 Å². The Morgan fingerprint density at radius 3 is 2.78 bits per heavy atom. The van der Waals surface area contributed by atoms with E-state index in [1.165, 1.54) is 25.7 Å². The van der Waals surface area contributed by atoms with Gasteiger partial charge in [0.2, 0.25) is 0 Å². The zero-order valence-corrected chi connectivity index (χ0v) is 12.7. The standard InChI is InChI=1S/C16H23BrO/c1-13-9-10-16(17)14(12-13)6-5-11-18-15-7-3-2-4-8-15/h2-4,7-8,13-14,16H,5-6,9-12H2,1H3. The summed E-state index contributed by atoms with van der Waals surface area (Å²) in [5.41, 5.74) is 0. The molecular weight excluding hydrogens is 288 g/mol. The topological polar surface area (TPSA) is 9.23 Å². The van der Waals surface area contributed by atoms with Gasteiger partial charge in [-0.25, -0.2) is 0 Å². The van der Waals surface area contributed by atoms with Gasteiger partial charge in [0.15, 0.2) is 0 Å². The lowest BCUT2D eigenvalue weighted by molar-refractivity contribution is 0.247. The van der Waals surface area contributed by atoms with E-state index in [1.807, 2.05) is 30.3 Å². The summed E-state index contributed by atoms with van der Waals surface area (Å²) in [5.74, 6) is 2.73. The Labute approximate surface area is 119 Å². The number of benzene rings is 1. The lowest BCUT2D eigenvalue weighted by Gasteiger charge is -2.31. The fraction of sp³-hybridized carbons (Fsp3) is 0.625. The van der Waals surface area contributed by atoms with Gasteiger partial charge in [-0.05, 0) is 56.1 Å². The largest absolute Gasteiger partial charge is 0.494 e. The highest BCUT2D eigenvalue weighted by Gasteiger charge is 2.26. The second-order valence-electron chi connectivity index (χ2n) is 5.50. The lowest BCUT2D eigenvalue weighted by atomic mass is 9.80. The minimum atomic E-state index is 0.727. The van der Waals surface area contributed by atoms with Crippen molar-refractivity contribution in [3.63, 3.8) is 0 Å². The highest BCUT2D eigenvalue weighted by Crippen LogP contribution is 2.36. The van der Waals surface area contributed by atoms with E-state index in [0.717, 1.165) is 35.4 Å². The first-order valence-corrected chi connectivity index (χ1v) is 7.99. The van der Waals surface area contributed by atoms with Gasteiger partial charge in [0.1, 0.15) is 5.75 Å². The number of para-hydroxylation sites is 1. The van der Waals surface area contributed by atoms with E-state index in [4.69, 9.17) is 4.74 Å². The average Bonchev–Trinajstić information content (AvgIpc) is 2.40. The van der Waals surface area contributed by atoms with E-state index in [2.05, 4.69) is 22.9 Å². The molecule has 2 rings (SSSR count). The Hall–Kier alpha value is -0.500. The van der Waals surface area contributed by atoms with Crippen LogP contribution in [0.3, 0.4) is 0 Å². The van der Waals surface area contributed by atoms with E-state index in [1.54, 1.807) is 0 Å². The van der Waals surface area contributed by atoms with Crippen LogP contribution in [-0.4, -0.2) is 11.4 Å². The van der Waals surface area contributed by atoms with Gasteiger partial charge in [0.25, 0.3) is 0 Å². The normalized spacial score (nSPS) is 28.0. The summed E-state index contributed by atoms with van der Waals surface area (Å²) in [6.45, 7) is 3.22. The number of halogens is 1. The van der Waals surface area contributed by atoms with E-state index < -0.39 is 0 Å². The summed E-state index contributed by atoms with van der Waals surface area (Å²) in [6, 6.07) is 10.1. The number of ether oxygens (including phenoxy) is 1. The molecule has 0 saturated heterocycles. The first kappa shape index (κ1) is 13.9. The number of hydrogen-bond acceptors (Lipinski definition) is 1. The molecule has 1 fully saturated rings. The lowest BCUT2D eigenvalue weighted by Crippen LogP contribution is -2.24. The minimum absolute atomic E-state index is 0.727. The molecule has 100 valence electrons. The van der Waals surface area contributed by atoms with Gasteiger partial charge in [0.05, 0.1) is 6.61 Å². The molecule has 0 aromatic heterocycles. The molecule has 18 heavy (non-hydrogen) atoms. The maximum Gasteiger partial charge on any atom is 0.119 e. The van der Waals surface area contributed by atoms with Crippen molar-refractivity contribution in [2.75, 3.05) is 6.61 Å². The van der Waals surface area contributed by atoms with Crippen LogP contribution in [0.4, 0.5) is 0 Å². The fourth-order valence-corrected chi connectivity index (χ4v) is 3.56. The minimum Gasteiger partial charge on any atom is -0.494 e. The second-order valence-corrected chi connectivity index (χ2v) is 6.67. The van der Waals surface area contributed by atoms with Gasteiger partial charge < -0.3 is 4.74 Å². The maximum absolute atomic E-state index is 5.74. The van der Waals surface area contributed by atoms with Crippen LogP contribution < -0.4 is 4.74 Å². The van der Waals surface area contributed by atoms with E-state index in [9.17, 15) is 0 Å². The monoisotopic (exact) mass is 310 g/mol. The number of hydrogen-bond donors (Lipinski definition) is 0. The van der Waals surface area contributed by atoms with E-state index in [0.29, 0.717) is 0 Å². The summed E-state index contributed by atoms with van der Waals surface area (Å²) in [6.07, 6.45) is 6.54. The van der Waals surface area contributed by atoms with E-state index in [-0.39, 0.29) is 0 Å². The first-order chi connectivity index (χ1) is 8.75. The van der Waals surface area contributed by atoms with Crippen molar-refractivity contribution in [1.29, 1.82) is 0 Å². The molecule has 1 aliphatic rings. The SMILES string of the molecule is CC1CCC(Br)C(CCCOc2ccccc2)C1. The number of rotatable bonds is 5. The van der Waals surface area contributed by atoms with Gasteiger partial charge in [-0.3, -0.25) is 0 Å². The molecule has 0 bridgehead atoms. The zero-order chi connectivity index (χ0) is 12.8. The molecule has 0 radical (unpaired) electrons. The number of alkyl halides is 1. The van der Waals surface area contributed by atoms with Crippen LogP contribution in [0, 0.1) is 11.8 Å². The average molecular weight is 311 g/mol. The van der Waals surface area contributed by atoms with Gasteiger partial charge in [-0.1, -0.05) is 41.1 Å². The summed E-state index contributed by atoms with van der Waals surface area (Å²) in [5, 5.41) is 0. The molecular formula is C16H23BrO. The Kier molecular flexibility index (Phi) is 5.55. The van der Waals surface area contributed by atoms with Crippen molar-refractivity contribution in [2.24, 2.45) is 11.8 Å². The zero-order valence-electron chi connectivity index (χ0n) is 11.1. The van der Waals surface area contributed by atoms with Crippen LogP contribution in [0.25, 0.3) is 0 Å². The molecule has 2 heteroatoms. The summed E-state index contributed by atoms with van der Waals surface area (Å²) >= 11 is 3.84. The molecule has 3 unspecified atom stereocenters. The van der Waals surface area contributed by atoms with Crippen molar-refractivity contribution in [3.8, 4) is 5.75 Å². The molecule has 0 heterocycles. The molecule has 0 aliphatic heterocycles. The summed E-state index contributed by atoms with van der Waals surface area (Å²) in [7, 11) is 0. The maximum atomic E-state index is 5.74. The highest BCUT2D eigenvalue weighted by atomic mass is 79.9. The van der Waals surface area contributed by atoms with Crippen molar-refractivity contribution < 1.29 is 4.74 Å². The molecule has 3 atom stereocenters. The molecule has 0 N–H and O–H groups in total. The Bertz CT molecular complexity index is 338. The molecule has 0 amide bonds. The molecule has 1 aliphatic carbocycles. The molecule has 1 nitrogen and oxygen atoms in total. The van der Waals surface area contributed by atoms with Crippen LogP contribution in [0.2, 0.25) is 0 Å². The van der Waals surface area contributed by atoms with Crippen LogP contribution in [-0.2, 0) is 0 Å². The van der Waals surface area contributed by atoms with Crippen molar-refractivity contribution >= 4 is 15.9 Å². The van der Waals surface area contributed by atoms with Crippen molar-refractivity contribution in [1.82, 2.24) is 0 Å². The first-order valence-electron chi connectivity index (χ1n) is 7.07. The Balaban J connectivity index is 1.66. The van der Waals surface area contributed by atoms with Crippen LogP contribution >= 0.6 is 15.9 Å². The van der Waals surface area contributed by atoms with Crippen LogP contribution in [0.1, 0.15) is 39.0 Å². The smallest absolute Gasteiger partial charge is 0.119 e. The van der Waals surface area contributed by atoms with Crippen LogP contribution in [0.5, 0.6) is 5.75 Å². The Morgan fingerprint density at radius 2 is 2.00 bits per heavy atom. The Morgan fingerprint density at radius 1 is 1.22 bits per heavy atom. The van der Waals surface area contributed by atoms with Gasteiger partial charge in [-0.2, -0.15) is 0 Å². The predicted molar refractivity (Wildman–Crippen MR) is 80.4 cm³/mol. The van der Waals surface area contributed by atoms with E-state index >= 15 is 0 Å². The molecule has 1 aromatic rings. The van der Waals surface area contributed by atoms with Gasteiger partial charge >= 0.3 is 0 Å². The highest BCUT2D eigenvalue weighted by molar-refractivity contribution is 9.09. The third-order valence-electron chi connectivity index (χ3n) is 3.88. The predicted octanol–water partition coefficient (Wildman–Crippen LogP) is 5.05.